The van der Waals surface area contributed by atoms with Crippen molar-refractivity contribution in [1.29, 1.82) is 0 Å². The molecule has 9 aliphatic rings. The zero-order valence-corrected chi connectivity index (χ0v) is 74.8. The highest BCUT2D eigenvalue weighted by atomic mass is 31.2. The molecule has 0 amide bonds. The van der Waals surface area contributed by atoms with Crippen LogP contribution in [0.4, 0.5) is 0 Å². The van der Waals surface area contributed by atoms with E-state index in [4.69, 9.17) is 0 Å². The van der Waals surface area contributed by atoms with Gasteiger partial charge in [0.05, 0.1) is 0 Å². The molecule has 121 heavy (non-hydrogen) atoms. The van der Waals surface area contributed by atoms with Gasteiger partial charge in [0.15, 0.2) is 7.14 Å². The Labute approximate surface area is 721 Å². The molecule has 0 spiro atoms. The molecule has 0 saturated heterocycles. The van der Waals surface area contributed by atoms with Gasteiger partial charge in [-0.2, -0.15) is 0 Å². The fourth-order valence-corrected chi connectivity index (χ4v) is 33.4. The van der Waals surface area contributed by atoms with Crippen LogP contribution in [-0.4, -0.2) is 13.4 Å². The third-order valence-electron chi connectivity index (χ3n) is 31.3. The molecule has 0 N–H and O–H groups in total. The summed E-state index contributed by atoms with van der Waals surface area (Å²) in [7, 11) is -3.46. The normalized spacial score (nSPS) is 22.4. The minimum atomic E-state index is -2.94. The average molecular weight is 1610 g/mol. The molecule has 4 unspecified atom stereocenters. The van der Waals surface area contributed by atoms with E-state index in [0.29, 0.717) is 0 Å². The van der Waals surface area contributed by atoms with Crippen LogP contribution in [0, 0.1) is 107 Å². The summed E-state index contributed by atoms with van der Waals surface area (Å²) in [4.78, 5) is 0. The van der Waals surface area contributed by atoms with Gasteiger partial charge in [-0.15, -0.1) is 0 Å². The third kappa shape index (κ3) is 13.1. The van der Waals surface area contributed by atoms with E-state index >= 15 is 4.57 Å². The van der Waals surface area contributed by atoms with E-state index in [2.05, 4.69) is 362 Å². The number of fused-ring (bicyclic) bond motifs is 6. The molecular formula is C116H112B2OP2. The Kier molecular flexibility index (Phi) is 19.2. The predicted molar refractivity (Wildman–Crippen MR) is 522 cm³/mol. The van der Waals surface area contributed by atoms with Crippen LogP contribution >= 0.6 is 14.7 Å². The van der Waals surface area contributed by atoms with Crippen LogP contribution in [0.5, 0.6) is 0 Å². The van der Waals surface area contributed by atoms with E-state index in [1.165, 1.54) is 236 Å². The molecule has 5 heteroatoms. The summed E-state index contributed by atoms with van der Waals surface area (Å²) in [5.41, 5.74) is 39.3. The summed E-state index contributed by atoms with van der Waals surface area (Å²) >= 11 is 0. The van der Waals surface area contributed by atoms with Crippen LogP contribution in [0.15, 0.2) is 291 Å². The standard InChI is InChI=1S/C58H56BOP.C58H56BP/c1-37-26-39(3)55(40(4)27-37)59(56-41(5)28-38(2)29-42(56)6)49-13-11-12-46(31-49)45-18-20-47(21-19-45)57-32-43-30-44(33-57)35-58(34-43,36-57)48-22-24-50(25-23-48)61(60)53-16-9-7-14-51(53)52-15-8-10-17-54(52)61;1-37-26-39(3)55(40(4)27-37)59(56-41(5)28-38(2)29-42(56)6)49-13-11-12-46(31-49)45-18-20-47(21-19-45)57-32-43-30-44(33-57)35-58(34-43,36-57)48-22-24-50(25-23-48)60-53-16-9-7-14-51(53)52-15-8-10-17-54(52)60/h7-29,31,43-44H,30,32-36H2,1-6H3;7-29,31,43-44H,30,32-36H2,1-6H3. The molecule has 24 rings (SSSR count). The molecule has 8 fully saturated rings. The first-order valence-corrected chi connectivity index (χ1v) is 48.3. The molecular weight excluding hydrogens is 1490 g/mol. The molecule has 1 nitrogen and oxygen atoms in total. The lowest BCUT2D eigenvalue weighted by Gasteiger charge is -2.63. The summed E-state index contributed by atoms with van der Waals surface area (Å²) in [5.74, 6) is 3.14. The lowest BCUT2D eigenvalue weighted by atomic mass is 9.34. The topological polar surface area (TPSA) is 17.1 Å². The van der Waals surface area contributed by atoms with E-state index < -0.39 is 14.7 Å². The van der Waals surface area contributed by atoms with Crippen molar-refractivity contribution in [3.05, 3.63) is 380 Å². The van der Waals surface area contributed by atoms with Crippen LogP contribution in [0.2, 0.25) is 0 Å². The largest absolute Gasteiger partial charge is 0.309 e. The van der Waals surface area contributed by atoms with E-state index in [1.54, 1.807) is 11.1 Å². The SMILES string of the molecule is Cc1cc(C)c(B(c2cccc(-c3ccc(C45CC6CC(C4)CC(c4ccc(-p7c8ccccc8c8ccccc87)cc4)(C6)C5)cc3)c2)c2c(C)cc(C)cc2C)c(C)c1.Cc1cc(C)c(B(c2cccc(-c3ccc(C45CC6CC(C4)CC(c4ccc(P7(=O)c8ccccc8-c8ccccc87)cc4)(C6)C5)cc3)c2)c2c(C)cc(C)cc2C)c(C)c1. The van der Waals surface area contributed by atoms with E-state index in [9.17, 15) is 0 Å². The molecule has 598 valence electrons. The van der Waals surface area contributed by atoms with Gasteiger partial charge in [0.2, 0.25) is 13.4 Å². The molecule has 8 bridgehead atoms. The van der Waals surface area contributed by atoms with Crippen molar-refractivity contribution in [3.8, 4) is 38.7 Å². The Morgan fingerprint density at radius 2 is 0.579 bits per heavy atom. The second-order valence-corrected chi connectivity index (χ2v) is 44.5. The molecule has 4 atom stereocenters. The highest BCUT2D eigenvalue weighted by Crippen LogP contribution is 2.69. The summed E-state index contributed by atoms with van der Waals surface area (Å²) < 4.78 is 15.2. The summed E-state index contributed by atoms with van der Waals surface area (Å²) in [6.07, 6.45) is 15.9. The van der Waals surface area contributed by atoms with Crippen LogP contribution in [0.1, 0.15) is 166 Å². The number of hydrogen-bond donors (Lipinski definition) is 0. The lowest BCUT2D eigenvalue weighted by Crippen LogP contribution is -2.56. The average Bonchev–Trinajstić information content (AvgIpc) is 1.69. The predicted octanol–water partition coefficient (Wildman–Crippen LogP) is 24.9. The van der Waals surface area contributed by atoms with Crippen molar-refractivity contribution in [1.82, 2.24) is 0 Å². The second-order valence-electron chi connectivity index (χ2n) is 39.7. The number of aryl methyl sites for hydroxylation is 12. The molecule has 15 aromatic rings. The van der Waals surface area contributed by atoms with Gasteiger partial charge in [0.1, 0.15) is 0 Å². The maximum Gasteiger partial charge on any atom is 0.242 e. The smallest absolute Gasteiger partial charge is 0.242 e. The first kappa shape index (κ1) is 78.0. The quantitative estimate of drug-likeness (QED) is 0.0783. The van der Waals surface area contributed by atoms with Crippen molar-refractivity contribution in [2.45, 2.75) is 182 Å². The summed E-state index contributed by atoms with van der Waals surface area (Å²) in [6, 6.07) is 112. The third-order valence-corrected chi connectivity index (χ3v) is 37.0. The number of hydrogen-bond acceptors (Lipinski definition) is 1. The van der Waals surface area contributed by atoms with Crippen molar-refractivity contribution >= 4 is 97.8 Å². The molecule has 0 radical (unpaired) electrons. The fraction of sp³-hybridized carbons (Fsp3) is 0.276. The van der Waals surface area contributed by atoms with Gasteiger partial charge in [-0.1, -0.05) is 398 Å². The van der Waals surface area contributed by atoms with Crippen molar-refractivity contribution in [2.75, 3.05) is 0 Å². The van der Waals surface area contributed by atoms with Crippen LogP contribution < -0.4 is 48.7 Å². The van der Waals surface area contributed by atoms with Gasteiger partial charge in [0, 0.05) is 26.1 Å². The Balaban J connectivity index is 0.000000149. The Hall–Kier alpha value is -10.3. The number of rotatable bonds is 14. The maximum atomic E-state index is 15.2. The minimum Gasteiger partial charge on any atom is -0.309 e. The molecule has 2 heterocycles. The Bertz CT molecular complexity index is 6370. The van der Waals surface area contributed by atoms with Crippen LogP contribution in [0.3, 0.4) is 0 Å². The highest BCUT2D eigenvalue weighted by molar-refractivity contribution is 7.86. The zero-order chi connectivity index (χ0) is 82.8. The monoisotopic (exact) mass is 1600 g/mol. The molecule has 14 aromatic carbocycles. The van der Waals surface area contributed by atoms with Crippen molar-refractivity contribution in [3.63, 3.8) is 0 Å². The van der Waals surface area contributed by atoms with Gasteiger partial charge in [-0.25, -0.2) is 0 Å². The van der Waals surface area contributed by atoms with Gasteiger partial charge < -0.3 is 4.57 Å². The molecule has 1 aliphatic heterocycles. The van der Waals surface area contributed by atoms with Crippen molar-refractivity contribution < 1.29 is 4.57 Å². The van der Waals surface area contributed by atoms with E-state index in [-0.39, 0.29) is 35.1 Å². The molecule has 8 aliphatic carbocycles. The molecule has 8 saturated carbocycles. The van der Waals surface area contributed by atoms with Crippen LogP contribution in [0.25, 0.3) is 59.7 Å². The first-order chi connectivity index (χ1) is 58.5. The van der Waals surface area contributed by atoms with Gasteiger partial charge >= 0.3 is 0 Å². The highest BCUT2D eigenvalue weighted by Gasteiger charge is 2.60. The number of benzene rings is 14. The first-order valence-electron chi connectivity index (χ1n) is 45.3. The van der Waals surface area contributed by atoms with Gasteiger partial charge in [-0.3, -0.25) is 0 Å². The van der Waals surface area contributed by atoms with Gasteiger partial charge in [0.25, 0.3) is 0 Å². The Morgan fingerprint density at radius 1 is 0.289 bits per heavy atom. The Morgan fingerprint density at radius 3 is 0.909 bits per heavy atom. The summed E-state index contributed by atoms with van der Waals surface area (Å²) in [5, 5.41) is 10.3. The van der Waals surface area contributed by atoms with E-state index in [1.807, 2.05) is 12.1 Å². The fourth-order valence-electron chi connectivity index (χ4n) is 27.8. The minimum absolute atomic E-state index is 0.156. The lowest BCUT2D eigenvalue weighted by molar-refractivity contribution is -0.0282. The van der Waals surface area contributed by atoms with E-state index in [0.717, 1.165) is 50.7 Å². The molecule has 1 aromatic heterocycles. The summed E-state index contributed by atoms with van der Waals surface area (Å²) in [6.45, 7) is 27.6. The van der Waals surface area contributed by atoms with Crippen LogP contribution in [-0.2, 0) is 26.2 Å². The van der Waals surface area contributed by atoms with Gasteiger partial charge in [-0.05, 0) is 277 Å². The second kappa shape index (κ2) is 29.8. The zero-order valence-electron chi connectivity index (χ0n) is 73.0. The maximum absolute atomic E-state index is 15.2. The van der Waals surface area contributed by atoms with Crippen molar-refractivity contribution in [2.24, 2.45) is 23.7 Å².